The summed E-state index contributed by atoms with van der Waals surface area (Å²) in [7, 11) is 0. The number of nitrogens with one attached hydrogen (secondary N) is 1. The van der Waals surface area contributed by atoms with Gasteiger partial charge in [0.2, 0.25) is 0 Å². The molecule has 0 spiro atoms. The third kappa shape index (κ3) is 3.89. The highest BCUT2D eigenvalue weighted by atomic mass is 32.1. The van der Waals surface area contributed by atoms with E-state index in [4.69, 9.17) is 4.74 Å². The van der Waals surface area contributed by atoms with Crippen molar-refractivity contribution in [2.75, 3.05) is 5.32 Å². The average molecular weight is 320 g/mol. The first-order valence-electron chi connectivity index (χ1n) is 6.28. The molecule has 22 heavy (non-hydrogen) atoms. The second-order valence-electron chi connectivity index (χ2n) is 4.30. The molecular formula is C14H12N2O5S. The summed E-state index contributed by atoms with van der Waals surface area (Å²) in [5.41, 5.74) is 0.585. The van der Waals surface area contributed by atoms with Crippen molar-refractivity contribution in [3.8, 4) is 0 Å². The van der Waals surface area contributed by atoms with Gasteiger partial charge in [0.05, 0.1) is 4.92 Å². The molecule has 0 saturated heterocycles. The van der Waals surface area contributed by atoms with Crippen LogP contribution in [-0.4, -0.2) is 22.9 Å². The topological polar surface area (TPSA) is 98.5 Å². The third-order valence-corrected chi connectivity index (χ3v) is 3.68. The summed E-state index contributed by atoms with van der Waals surface area (Å²) in [6, 6.07) is 11.3. The van der Waals surface area contributed by atoms with Crippen molar-refractivity contribution in [1.29, 1.82) is 0 Å². The second kappa shape index (κ2) is 6.81. The van der Waals surface area contributed by atoms with E-state index in [0.717, 1.165) is 0 Å². The molecule has 1 atom stereocenters. The second-order valence-corrected chi connectivity index (χ2v) is 5.36. The number of nitrogens with zero attached hydrogens (tertiary/aromatic N) is 1. The molecule has 0 fully saturated rings. The van der Waals surface area contributed by atoms with Gasteiger partial charge in [0.1, 0.15) is 4.88 Å². The molecule has 0 aliphatic heterocycles. The highest BCUT2D eigenvalue weighted by molar-refractivity contribution is 7.17. The van der Waals surface area contributed by atoms with Crippen molar-refractivity contribution in [2.24, 2.45) is 0 Å². The Morgan fingerprint density at radius 3 is 2.50 bits per heavy atom. The minimum absolute atomic E-state index is 0.0751. The van der Waals surface area contributed by atoms with Crippen LogP contribution in [0.2, 0.25) is 0 Å². The van der Waals surface area contributed by atoms with E-state index < -0.39 is 22.9 Å². The van der Waals surface area contributed by atoms with E-state index in [1.165, 1.54) is 19.1 Å². The van der Waals surface area contributed by atoms with Crippen LogP contribution in [0.1, 0.15) is 16.6 Å². The maximum Gasteiger partial charge on any atom is 0.349 e. The van der Waals surface area contributed by atoms with Crippen molar-refractivity contribution in [3.05, 3.63) is 57.5 Å². The van der Waals surface area contributed by atoms with Crippen LogP contribution in [0.15, 0.2) is 42.5 Å². The quantitative estimate of drug-likeness (QED) is 0.519. The number of esters is 1. The number of thiophene rings is 1. The Morgan fingerprint density at radius 1 is 1.23 bits per heavy atom. The number of rotatable bonds is 5. The van der Waals surface area contributed by atoms with Crippen LogP contribution in [0.5, 0.6) is 0 Å². The summed E-state index contributed by atoms with van der Waals surface area (Å²) in [5.74, 6) is -1.25. The van der Waals surface area contributed by atoms with E-state index in [0.29, 0.717) is 17.0 Å². The summed E-state index contributed by atoms with van der Waals surface area (Å²) in [5, 5.41) is 13.0. The van der Waals surface area contributed by atoms with Crippen molar-refractivity contribution in [2.45, 2.75) is 13.0 Å². The van der Waals surface area contributed by atoms with E-state index in [1.54, 1.807) is 24.3 Å². The van der Waals surface area contributed by atoms with Crippen LogP contribution < -0.4 is 5.32 Å². The molecule has 0 unspecified atom stereocenters. The molecule has 1 amide bonds. The Bertz CT molecular complexity index is 698. The first kappa shape index (κ1) is 15.6. The summed E-state index contributed by atoms with van der Waals surface area (Å²) >= 11 is 0.701. The van der Waals surface area contributed by atoms with Crippen molar-refractivity contribution >= 4 is 33.9 Å². The maximum atomic E-state index is 11.9. The lowest BCUT2D eigenvalue weighted by atomic mass is 10.3. The SMILES string of the molecule is C[C@H](OC(=O)c1ccc([N+](=O)[O-])s1)C(=O)Nc1ccccc1. The number of para-hydroxylation sites is 1. The number of hydrogen-bond donors (Lipinski definition) is 1. The highest BCUT2D eigenvalue weighted by Crippen LogP contribution is 2.24. The van der Waals surface area contributed by atoms with E-state index >= 15 is 0 Å². The molecule has 0 aliphatic rings. The van der Waals surface area contributed by atoms with Gasteiger partial charge < -0.3 is 10.1 Å². The lowest BCUT2D eigenvalue weighted by Crippen LogP contribution is -2.29. The molecule has 2 aromatic rings. The predicted molar refractivity (Wildman–Crippen MR) is 80.9 cm³/mol. The number of anilines is 1. The third-order valence-electron chi connectivity index (χ3n) is 2.67. The van der Waals surface area contributed by atoms with E-state index in [2.05, 4.69) is 5.32 Å². The summed E-state index contributed by atoms with van der Waals surface area (Å²) in [6.45, 7) is 1.43. The minimum atomic E-state index is -1.02. The van der Waals surface area contributed by atoms with E-state index in [-0.39, 0.29) is 9.88 Å². The molecule has 114 valence electrons. The Hall–Kier alpha value is -2.74. The Kier molecular flexibility index (Phi) is 4.84. The molecule has 0 aliphatic carbocycles. The van der Waals surface area contributed by atoms with Gasteiger partial charge >= 0.3 is 11.0 Å². The van der Waals surface area contributed by atoms with Gasteiger partial charge in [0, 0.05) is 11.8 Å². The van der Waals surface area contributed by atoms with Gasteiger partial charge in [-0.05, 0) is 25.1 Å². The van der Waals surface area contributed by atoms with Gasteiger partial charge in [0.25, 0.3) is 5.91 Å². The predicted octanol–water partition coefficient (Wildman–Crippen LogP) is 2.84. The molecular weight excluding hydrogens is 308 g/mol. The van der Waals surface area contributed by atoms with Gasteiger partial charge in [-0.25, -0.2) is 4.79 Å². The van der Waals surface area contributed by atoms with Crippen LogP contribution in [0.3, 0.4) is 0 Å². The molecule has 0 bridgehead atoms. The van der Waals surface area contributed by atoms with Gasteiger partial charge in [-0.3, -0.25) is 14.9 Å². The van der Waals surface area contributed by atoms with Crippen LogP contribution in [0, 0.1) is 10.1 Å². The summed E-state index contributed by atoms with van der Waals surface area (Å²) in [4.78, 5) is 33.8. The number of ether oxygens (including phenoxy) is 1. The lowest BCUT2D eigenvalue weighted by molar-refractivity contribution is -0.380. The number of carbonyl (C=O) groups is 2. The minimum Gasteiger partial charge on any atom is -0.448 e. The fourth-order valence-corrected chi connectivity index (χ4v) is 2.28. The van der Waals surface area contributed by atoms with E-state index in [1.807, 2.05) is 6.07 Å². The first-order chi connectivity index (χ1) is 10.5. The van der Waals surface area contributed by atoms with Crippen LogP contribution in [0.4, 0.5) is 10.7 Å². The van der Waals surface area contributed by atoms with Crippen LogP contribution >= 0.6 is 11.3 Å². The average Bonchev–Trinajstić information content (AvgIpc) is 2.98. The molecule has 0 radical (unpaired) electrons. The normalized spacial score (nSPS) is 11.5. The largest absolute Gasteiger partial charge is 0.448 e. The lowest BCUT2D eigenvalue weighted by Gasteiger charge is -2.12. The molecule has 0 saturated carbocycles. The number of amides is 1. The number of carbonyl (C=O) groups excluding carboxylic acids is 2. The number of nitro groups is 1. The van der Waals surface area contributed by atoms with Gasteiger partial charge in [-0.1, -0.05) is 29.5 Å². The zero-order valence-electron chi connectivity index (χ0n) is 11.5. The van der Waals surface area contributed by atoms with E-state index in [9.17, 15) is 19.7 Å². The molecule has 2 rings (SSSR count). The smallest absolute Gasteiger partial charge is 0.349 e. The summed E-state index contributed by atoms with van der Waals surface area (Å²) in [6.07, 6.45) is -1.02. The molecule has 1 N–H and O–H groups in total. The van der Waals surface area contributed by atoms with Gasteiger partial charge in [-0.15, -0.1) is 0 Å². The Morgan fingerprint density at radius 2 is 1.91 bits per heavy atom. The van der Waals surface area contributed by atoms with Crippen LogP contribution in [0.25, 0.3) is 0 Å². The number of benzene rings is 1. The van der Waals surface area contributed by atoms with Crippen LogP contribution in [-0.2, 0) is 9.53 Å². The monoisotopic (exact) mass is 320 g/mol. The molecule has 1 aromatic carbocycles. The van der Waals surface area contributed by atoms with Crippen molar-refractivity contribution in [3.63, 3.8) is 0 Å². The molecule has 1 heterocycles. The Balaban J connectivity index is 1.95. The standard InChI is InChI=1S/C14H12N2O5S/c1-9(13(17)15-10-5-3-2-4-6-10)21-14(18)11-7-8-12(22-11)16(19)20/h2-9H,1H3,(H,15,17)/t9-/m0/s1. The zero-order valence-corrected chi connectivity index (χ0v) is 12.3. The molecule has 8 heteroatoms. The fourth-order valence-electron chi connectivity index (χ4n) is 1.57. The number of hydrogen-bond acceptors (Lipinski definition) is 6. The zero-order chi connectivity index (χ0) is 16.1. The molecule has 1 aromatic heterocycles. The van der Waals surface area contributed by atoms with Gasteiger partial charge in [-0.2, -0.15) is 0 Å². The van der Waals surface area contributed by atoms with Crippen molar-refractivity contribution in [1.82, 2.24) is 0 Å². The van der Waals surface area contributed by atoms with Crippen molar-refractivity contribution < 1.29 is 19.2 Å². The maximum absolute atomic E-state index is 11.9. The first-order valence-corrected chi connectivity index (χ1v) is 7.10. The Labute approximate surface area is 129 Å². The fraction of sp³-hybridized carbons (Fsp3) is 0.143. The highest BCUT2D eigenvalue weighted by Gasteiger charge is 2.22. The summed E-state index contributed by atoms with van der Waals surface area (Å²) < 4.78 is 5.00. The molecule has 7 nitrogen and oxygen atoms in total. The van der Waals surface area contributed by atoms with Gasteiger partial charge in [0.15, 0.2) is 6.10 Å².